The molecule has 2 rings (SSSR count). The van der Waals surface area contributed by atoms with Crippen LogP contribution in [-0.2, 0) is 0 Å². The molecule has 1 fully saturated rings. The van der Waals surface area contributed by atoms with Crippen molar-refractivity contribution in [3.05, 3.63) is 12.3 Å². The van der Waals surface area contributed by atoms with Gasteiger partial charge in [-0.25, -0.2) is 4.67 Å². The van der Waals surface area contributed by atoms with E-state index in [1.54, 1.807) is 0 Å². The zero-order chi connectivity index (χ0) is 11.3. The van der Waals surface area contributed by atoms with Crippen LogP contribution in [0.25, 0.3) is 0 Å². The molecule has 0 bridgehead atoms. The molecule has 0 aromatic carbocycles. The third-order valence-corrected chi connectivity index (χ3v) is 9.59. The lowest BCUT2D eigenvalue weighted by atomic mass is 10.2. The van der Waals surface area contributed by atoms with Crippen molar-refractivity contribution in [1.29, 1.82) is 0 Å². The molecule has 0 unspecified atom stereocenters. The fourth-order valence-corrected chi connectivity index (χ4v) is 4.14. The highest BCUT2D eigenvalue weighted by atomic mass is 28.3. The number of hydrogen-bond donors (Lipinski definition) is 0. The fraction of sp³-hybridized carbons (Fsp3) is 0.833. The number of hydrazine groups is 1. The third-order valence-electron chi connectivity index (χ3n) is 4.22. The molecule has 1 aliphatic carbocycles. The van der Waals surface area contributed by atoms with Crippen LogP contribution in [0.2, 0.25) is 18.1 Å². The van der Waals surface area contributed by atoms with Gasteiger partial charge in [-0.05, 0) is 17.9 Å². The highest BCUT2D eigenvalue weighted by Gasteiger charge is 2.46. The topological polar surface area (TPSA) is 6.48 Å². The van der Waals surface area contributed by atoms with E-state index in [0.717, 1.165) is 12.6 Å². The van der Waals surface area contributed by atoms with Gasteiger partial charge in [0.15, 0.2) is 8.24 Å². The van der Waals surface area contributed by atoms with Crippen molar-refractivity contribution in [3.63, 3.8) is 0 Å². The Hall–Kier alpha value is -0.283. The zero-order valence-electron chi connectivity index (χ0n) is 10.7. The Bertz CT molecular complexity index is 274. The molecule has 0 spiro atoms. The Morgan fingerprint density at radius 3 is 2.27 bits per heavy atom. The van der Waals surface area contributed by atoms with E-state index in [1.165, 1.54) is 12.8 Å². The summed E-state index contributed by atoms with van der Waals surface area (Å²) in [5, 5.41) is 2.96. The minimum absolute atomic E-state index is 0.437. The van der Waals surface area contributed by atoms with Gasteiger partial charge in [0.25, 0.3) is 0 Å². The molecule has 1 saturated carbocycles. The highest BCUT2D eigenvalue weighted by molar-refractivity contribution is 6.77. The van der Waals surface area contributed by atoms with E-state index < -0.39 is 8.24 Å². The van der Waals surface area contributed by atoms with Crippen molar-refractivity contribution in [2.45, 2.75) is 57.8 Å². The number of nitrogens with zero attached hydrogens (tertiary/aromatic N) is 2. The second-order valence-corrected chi connectivity index (χ2v) is 11.5. The van der Waals surface area contributed by atoms with Crippen molar-refractivity contribution in [1.82, 2.24) is 9.68 Å². The second-order valence-electron chi connectivity index (χ2n) is 6.39. The first-order chi connectivity index (χ1) is 6.84. The summed E-state index contributed by atoms with van der Waals surface area (Å²) in [6, 6.07) is 0.817. The highest BCUT2D eigenvalue weighted by Crippen LogP contribution is 2.42. The minimum Gasteiger partial charge on any atom is -0.316 e. The molecule has 1 heterocycles. The van der Waals surface area contributed by atoms with Gasteiger partial charge in [0.1, 0.15) is 0 Å². The molecule has 0 N–H and O–H groups in total. The largest absolute Gasteiger partial charge is 0.316 e. The molecule has 0 radical (unpaired) electrons. The van der Waals surface area contributed by atoms with Gasteiger partial charge in [-0.2, -0.15) is 0 Å². The Morgan fingerprint density at radius 2 is 1.80 bits per heavy atom. The molecule has 1 aliphatic heterocycles. The number of rotatable bonds is 2. The zero-order valence-corrected chi connectivity index (χ0v) is 11.7. The summed E-state index contributed by atoms with van der Waals surface area (Å²) in [7, 11) is -1.36. The minimum atomic E-state index is -1.36. The summed E-state index contributed by atoms with van der Waals surface area (Å²) in [4.78, 5) is 0. The summed E-state index contributed by atoms with van der Waals surface area (Å²) in [6.07, 6.45) is 7.39. The average Bonchev–Trinajstić information content (AvgIpc) is 2.81. The summed E-state index contributed by atoms with van der Waals surface area (Å²) >= 11 is 0. The fourth-order valence-electron chi connectivity index (χ4n) is 1.99. The summed E-state index contributed by atoms with van der Waals surface area (Å²) in [5.41, 5.74) is 0. The predicted molar refractivity (Wildman–Crippen MR) is 67.9 cm³/mol. The molecule has 0 aromatic heterocycles. The van der Waals surface area contributed by atoms with Crippen LogP contribution in [0.3, 0.4) is 0 Å². The van der Waals surface area contributed by atoms with Gasteiger partial charge in [0, 0.05) is 18.8 Å². The summed E-state index contributed by atoms with van der Waals surface area (Å²) < 4.78 is 2.67. The van der Waals surface area contributed by atoms with Crippen LogP contribution in [0.4, 0.5) is 0 Å². The molecule has 2 nitrogen and oxygen atoms in total. The van der Waals surface area contributed by atoms with E-state index in [4.69, 9.17) is 0 Å². The predicted octanol–water partition coefficient (Wildman–Crippen LogP) is 3.20. The molecular weight excluding hydrogens is 200 g/mol. The lowest BCUT2D eigenvalue weighted by Crippen LogP contribution is -2.59. The van der Waals surface area contributed by atoms with E-state index in [9.17, 15) is 0 Å². The maximum atomic E-state index is 2.67. The van der Waals surface area contributed by atoms with E-state index in [1.807, 2.05) is 0 Å². The standard InChI is InChI=1S/C12H24N2Si/c1-12(2,3)15(4,5)14-10-6-9-13(14)11-7-8-11/h6,9,11H,7-8,10H2,1-5H3. The van der Waals surface area contributed by atoms with Crippen molar-refractivity contribution < 1.29 is 0 Å². The normalized spacial score (nSPS) is 23.9. The molecule has 0 aromatic rings. The van der Waals surface area contributed by atoms with Gasteiger partial charge >= 0.3 is 0 Å². The van der Waals surface area contributed by atoms with Crippen molar-refractivity contribution in [2.75, 3.05) is 6.54 Å². The van der Waals surface area contributed by atoms with E-state index in [-0.39, 0.29) is 0 Å². The molecule has 86 valence electrons. The molecule has 2 aliphatic rings. The third kappa shape index (κ3) is 1.87. The van der Waals surface area contributed by atoms with Crippen molar-refractivity contribution >= 4 is 8.24 Å². The van der Waals surface area contributed by atoms with Crippen LogP contribution in [-0.4, -0.2) is 30.5 Å². The quantitative estimate of drug-likeness (QED) is 0.665. The van der Waals surface area contributed by atoms with Gasteiger partial charge in [0.05, 0.1) is 0 Å². The molecule has 3 heteroatoms. The number of hydrogen-bond acceptors (Lipinski definition) is 2. The lowest BCUT2D eigenvalue weighted by molar-refractivity contribution is 0.125. The van der Waals surface area contributed by atoms with Crippen LogP contribution in [0, 0.1) is 0 Å². The summed E-state index contributed by atoms with van der Waals surface area (Å²) in [6.45, 7) is 13.3. The monoisotopic (exact) mass is 224 g/mol. The first kappa shape index (κ1) is 11.2. The van der Waals surface area contributed by atoms with Gasteiger partial charge in [-0.15, -0.1) is 0 Å². The van der Waals surface area contributed by atoms with Crippen molar-refractivity contribution in [3.8, 4) is 0 Å². The van der Waals surface area contributed by atoms with Crippen LogP contribution in [0.5, 0.6) is 0 Å². The molecule has 0 atom stereocenters. The SMILES string of the molecule is CC(C)(C)[Si](C)(C)N1CC=CN1C1CC1. The van der Waals surface area contributed by atoms with Crippen LogP contribution in [0.15, 0.2) is 12.3 Å². The maximum absolute atomic E-state index is 2.67. The Kier molecular flexibility index (Phi) is 2.51. The summed E-state index contributed by atoms with van der Waals surface area (Å²) in [5.74, 6) is 0. The van der Waals surface area contributed by atoms with Gasteiger partial charge in [0.2, 0.25) is 0 Å². The van der Waals surface area contributed by atoms with Crippen LogP contribution in [0.1, 0.15) is 33.6 Å². The average molecular weight is 224 g/mol. The molecule has 0 saturated heterocycles. The van der Waals surface area contributed by atoms with Crippen LogP contribution < -0.4 is 0 Å². The van der Waals surface area contributed by atoms with Gasteiger partial charge in [-0.1, -0.05) is 39.9 Å². The molecule has 15 heavy (non-hydrogen) atoms. The first-order valence-electron chi connectivity index (χ1n) is 6.06. The van der Waals surface area contributed by atoms with E-state index >= 15 is 0 Å². The Balaban J connectivity index is 2.16. The molecular formula is C12H24N2Si. The van der Waals surface area contributed by atoms with E-state index in [0.29, 0.717) is 5.04 Å². The Labute approximate surface area is 95.0 Å². The first-order valence-corrected chi connectivity index (χ1v) is 9.01. The van der Waals surface area contributed by atoms with Gasteiger partial charge in [-0.3, -0.25) is 0 Å². The van der Waals surface area contributed by atoms with E-state index in [2.05, 4.69) is 55.8 Å². The van der Waals surface area contributed by atoms with Crippen molar-refractivity contribution in [2.24, 2.45) is 0 Å². The Morgan fingerprint density at radius 1 is 1.20 bits per heavy atom. The lowest BCUT2D eigenvalue weighted by Gasteiger charge is -2.48. The van der Waals surface area contributed by atoms with Crippen LogP contribution >= 0.6 is 0 Å². The van der Waals surface area contributed by atoms with Gasteiger partial charge < -0.3 is 5.01 Å². The second kappa shape index (κ2) is 3.35. The maximum Gasteiger partial charge on any atom is 0.152 e. The smallest absolute Gasteiger partial charge is 0.152 e. The molecule has 0 amide bonds.